The Kier molecular flexibility index (Phi) is 2.04. The average molecular weight is 213 g/mol. The van der Waals surface area contributed by atoms with E-state index < -0.39 is 0 Å². The molecule has 3 nitrogen and oxygen atoms in total. The topological polar surface area (TPSA) is 52.3 Å². The number of furan rings is 2. The predicted molar refractivity (Wildman–Crippen MR) is 61.0 cm³/mol. The Labute approximate surface area is 92.5 Å². The number of benzene rings is 1. The van der Waals surface area contributed by atoms with Crippen molar-refractivity contribution in [3.05, 3.63) is 60.2 Å². The normalized spacial score (nSPS) is 13.1. The molecule has 1 aromatic carbocycles. The third kappa shape index (κ3) is 1.33. The summed E-state index contributed by atoms with van der Waals surface area (Å²) in [5.41, 5.74) is 7.91. The molecule has 0 aliphatic carbocycles. The highest BCUT2D eigenvalue weighted by Crippen LogP contribution is 2.28. The van der Waals surface area contributed by atoms with Gasteiger partial charge in [-0.1, -0.05) is 18.2 Å². The van der Waals surface area contributed by atoms with Crippen LogP contribution >= 0.6 is 0 Å². The first-order valence-electron chi connectivity index (χ1n) is 5.11. The fraction of sp³-hybridized carbons (Fsp3) is 0.0769. The first-order chi connectivity index (χ1) is 7.86. The van der Waals surface area contributed by atoms with Crippen molar-refractivity contribution in [2.45, 2.75) is 6.04 Å². The smallest absolute Gasteiger partial charge is 0.134 e. The summed E-state index contributed by atoms with van der Waals surface area (Å²) in [5.74, 6) is 0.742. The van der Waals surface area contributed by atoms with Crippen molar-refractivity contribution in [3.63, 3.8) is 0 Å². The highest BCUT2D eigenvalue weighted by molar-refractivity contribution is 5.81. The fourth-order valence-corrected chi connectivity index (χ4v) is 1.86. The maximum absolute atomic E-state index is 6.12. The van der Waals surface area contributed by atoms with Crippen LogP contribution < -0.4 is 5.73 Å². The van der Waals surface area contributed by atoms with Crippen LogP contribution in [0.2, 0.25) is 0 Å². The van der Waals surface area contributed by atoms with Gasteiger partial charge in [0.1, 0.15) is 11.3 Å². The summed E-state index contributed by atoms with van der Waals surface area (Å²) in [4.78, 5) is 0. The highest BCUT2D eigenvalue weighted by atomic mass is 16.3. The van der Waals surface area contributed by atoms with Crippen LogP contribution in [-0.4, -0.2) is 0 Å². The maximum Gasteiger partial charge on any atom is 0.134 e. The van der Waals surface area contributed by atoms with Crippen LogP contribution in [0.3, 0.4) is 0 Å². The molecule has 80 valence electrons. The molecule has 1 unspecified atom stereocenters. The molecule has 0 spiro atoms. The molecule has 1 atom stereocenters. The molecule has 0 bridgehead atoms. The molecule has 3 heteroatoms. The molecule has 0 aliphatic rings. The van der Waals surface area contributed by atoms with E-state index in [0.29, 0.717) is 0 Å². The largest absolute Gasteiger partial charge is 0.467 e. The van der Waals surface area contributed by atoms with Crippen molar-refractivity contribution in [3.8, 4) is 0 Å². The number of para-hydroxylation sites is 1. The van der Waals surface area contributed by atoms with E-state index in [2.05, 4.69) is 0 Å². The monoisotopic (exact) mass is 213 g/mol. The number of fused-ring (bicyclic) bond motifs is 1. The third-order valence-electron chi connectivity index (χ3n) is 2.70. The van der Waals surface area contributed by atoms with Crippen molar-refractivity contribution in [1.82, 2.24) is 0 Å². The zero-order valence-electron chi connectivity index (χ0n) is 8.59. The quantitative estimate of drug-likeness (QED) is 0.711. The Balaban J connectivity index is 2.12. The summed E-state index contributed by atoms with van der Waals surface area (Å²) in [6.07, 6.45) is 3.31. The first-order valence-corrected chi connectivity index (χ1v) is 5.11. The van der Waals surface area contributed by atoms with Gasteiger partial charge in [-0.05, 0) is 18.2 Å². The molecule has 3 rings (SSSR count). The summed E-state index contributed by atoms with van der Waals surface area (Å²) in [7, 11) is 0. The Hall–Kier alpha value is -2.00. The van der Waals surface area contributed by atoms with Gasteiger partial charge in [-0.15, -0.1) is 0 Å². The van der Waals surface area contributed by atoms with E-state index in [1.54, 1.807) is 12.5 Å². The van der Waals surface area contributed by atoms with Gasteiger partial charge in [-0.25, -0.2) is 0 Å². The lowest BCUT2D eigenvalue weighted by Gasteiger charge is -2.05. The Morgan fingerprint density at radius 1 is 1.00 bits per heavy atom. The molecule has 0 saturated heterocycles. The van der Waals surface area contributed by atoms with Gasteiger partial charge in [0.25, 0.3) is 0 Å². The van der Waals surface area contributed by atoms with Crippen LogP contribution in [0.4, 0.5) is 0 Å². The first kappa shape index (κ1) is 9.24. The minimum atomic E-state index is -0.279. The molecular weight excluding hydrogens is 202 g/mol. The van der Waals surface area contributed by atoms with Crippen LogP contribution in [0.1, 0.15) is 17.4 Å². The summed E-state index contributed by atoms with van der Waals surface area (Å²) in [5, 5.41) is 1.03. The molecular formula is C13H11NO2. The van der Waals surface area contributed by atoms with E-state index in [0.717, 1.165) is 22.3 Å². The minimum Gasteiger partial charge on any atom is -0.467 e. The molecule has 0 saturated carbocycles. The second-order valence-corrected chi connectivity index (χ2v) is 3.68. The second-order valence-electron chi connectivity index (χ2n) is 3.68. The van der Waals surface area contributed by atoms with Crippen molar-refractivity contribution < 1.29 is 8.83 Å². The van der Waals surface area contributed by atoms with Crippen LogP contribution in [0.15, 0.2) is 57.8 Å². The summed E-state index contributed by atoms with van der Waals surface area (Å²) in [6.45, 7) is 0. The van der Waals surface area contributed by atoms with Crippen molar-refractivity contribution >= 4 is 11.0 Å². The van der Waals surface area contributed by atoms with Crippen molar-refractivity contribution in [1.29, 1.82) is 0 Å². The van der Waals surface area contributed by atoms with Crippen LogP contribution in [0, 0.1) is 0 Å². The van der Waals surface area contributed by atoms with Gasteiger partial charge in [0, 0.05) is 10.9 Å². The van der Waals surface area contributed by atoms with E-state index in [-0.39, 0.29) is 6.04 Å². The van der Waals surface area contributed by atoms with Gasteiger partial charge in [-0.3, -0.25) is 0 Å². The van der Waals surface area contributed by atoms with E-state index in [1.807, 2.05) is 36.4 Å². The standard InChI is InChI=1S/C13H11NO2/c14-13(12-6-3-7-15-12)10-8-16-11-5-2-1-4-9(10)11/h1-8,13H,14H2. The van der Waals surface area contributed by atoms with Gasteiger partial charge in [0.05, 0.1) is 18.6 Å². The van der Waals surface area contributed by atoms with Gasteiger partial charge in [-0.2, -0.15) is 0 Å². The summed E-state index contributed by atoms with van der Waals surface area (Å²) < 4.78 is 10.7. The van der Waals surface area contributed by atoms with Crippen molar-refractivity contribution in [2.24, 2.45) is 5.73 Å². The maximum atomic E-state index is 6.12. The summed E-state index contributed by atoms with van der Waals surface area (Å²) in [6, 6.07) is 11.2. The van der Waals surface area contributed by atoms with Crippen LogP contribution in [-0.2, 0) is 0 Å². The minimum absolute atomic E-state index is 0.279. The SMILES string of the molecule is NC(c1ccco1)c1coc2ccccc12. The van der Waals surface area contributed by atoms with Gasteiger partial charge in [0.15, 0.2) is 0 Å². The Morgan fingerprint density at radius 3 is 2.69 bits per heavy atom. The number of hydrogen-bond donors (Lipinski definition) is 1. The Bertz CT molecular complexity index is 595. The Morgan fingerprint density at radius 2 is 1.88 bits per heavy atom. The molecule has 2 N–H and O–H groups in total. The molecule has 16 heavy (non-hydrogen) atoms. The molecule has 0 amide bonds. The van der Waals surface area contributed by atoms with Gasteiger partial charge < -0.3 is 14.6 Å². The molecule has 0 aliphatic heterocycles. The van der Waals surface area contributed by atoms with E-state index in [4.69, 9.17) is 14.6 Å². The number of hydrogen-bond acceptors (Lipinski definition) is 3. The van der Waals surface area contributed by atoms with Gasteiger partial charge >= 0.3 is 0 Å². The van der Waals surface area contributed by atoms with E-state index >= 15 is 0 Å². The fourth-order valence-electron chi connectivity index (χ4n) is 1.86. The summed E-state index contributed by atoms with van der Waals surface area (Å²) >= 11 is 0. The van der Waals surface area contributed by atoms with E-state index in [9.17, 15) is 0 Å². The third-order valence-corrected chi connectivity index (χ3v) is 2.70. The molecule has 2 heterocycles. The van der Waals surface area contributed by atoms with E-state index in [1.165, 1.54) is 0 Å². The van der Waals surface area contributed by atoms with Crippen molar-refractivity contribution in [2.75, 3.05) is 0 Å². The lowest BCUT2D eigenvalue weighted by molar-refractivity contribution is 0.488. The highest BCUT2D eigenvalue weighted by Gasteiger charge is 2.16. The van der Waals surface area contributed by atoms with Crippen LogP contribution in [0.5, 0.6) is 0 Å². The zero-order valence-corrected chi connectivity index (χ0v) is 8.59. The molecule has 0 fully saturated rings. The zero-order chi connectivity index (χ0) is 11.0. The average Bonchev–Trinajstić information content (AvgIpc) is 2.98. The molecule has 0 radical (unpaired) electrons. The number of nitrogens with two attached hydrogens (primary N) is 1. The second kappa shape index (κ2) is 3.54. The predicted octanol–water partition coefficient (Wildman–Crippen LogP) is 3.07. The van der Waals surface area contributed by atoms with Crippen LogP contribution in [0.25, 0.3) is 11.0 Å². The lowest BCUT2D eigenvalue weighted by Crippen LogP contribution is -2.09. The lowest BCUT2D eigenvalue weighted by atomic mass is 10.0. The number of rotatable bonds is 2. The molecule has 3 aromatic rings. The molecule has 2 aromatic heterocycles. The van der Waals surface area contributed by atoms with Gasteiger partial charge in [0.2, 0.25) is 0 Å².